The Morgan fingerprint density at radius 2 is 2.16 bits per heavy atom. The molecule has 3 N–H and O–H groups in total. The monoisotopic (exact) mass is 270 g/mol. The van der Waals surface area contributed by atoms with Crippen LogP contribution in [0.25, 0.3) is 0 Å². The number of carbonyl (C=O) groups is 1. The largest absolute Gasteiger partial charge is 0.397 e. The normalized spacial score (nSPS) is 13.9. The van der Waals surface area contributed by atoms with Gasteiger partial charge in [0.15, 0.2) is 0 Å². The van der Waals surface area contributed by atoms with Crippen LogP contribution >= 0.6 is 0 Å². The predicted octanol–water partition coefficient (Wildman–Crippen LogP) is 1.79. The maximum atomic E-state index is 12.9. The molecule has 0 saturated carbocycles. The molecule has 2 unspecified atom stereocenters. The highest BCUT2D eigenvalue weighted by atomic mass is 19.1. The van der Waals surface area contributed by atoms with Gasteiger partial charge in [0.05, 0.1) is 24.1 Å². The van der Waals surface area contributed by atoms with Gasteiger partial charge in [-0.1, -0.05) is 0 Å². The second-order valence-electron chi connectivity index (χ2n) is 4.27. The molecule has 0 spiro atoms. The third-order valence-electron chi connectivity index (χ3n) is 2.48. The lowest BCUT2D eigenvalue weighted by atomic mass is 10.2. The number of benzene rings is 1. The third-order valence-corrected chi connectivity index (χ3v) is 2.48. The zero-order valence-electron chi connectivity index (χ0n) is 11.3. The number of nitrogen functional groups attached to an aromatic ring is 1. The number of amides is 1. The van der Waals surface area contributed by atoms with Crippen molar-refractivity contribution in [3.05, 3.63) is 24.0 Å². The highest BCUT2D eigenvalue weighted by Crippen LogP contribution is 2.19. The van der Waals surface area contributed by atoms with Crippen LogP contribution in [0.1, 0.15) is 13.8 Å². The van der Waals surface area contributed by atoms with E-state index in [2.05, 4.69) is 5.32 Å². The minimum absolute atomic E-state index is 0.172. The summed E-state index contributed by atoms with van der Waals surface area (Å²) in [5, 5.41) is 2.59. The molecule has 5 nitrogen and oxygen atoms in total. The summed E-state index contributed by atoms with van der Waals surface area (Å²) >= 11 is 0. The lowest BCUT2D eigenvalue weighted by Gasteiger charge is -2.18. The minimum atomic E-state index is -0.658. The molecule has 106 valence electrons. The van der Waals surface area contributed by atoms with Crippen molar-refractivity contribution in [3.8, 4) is 0 Å². The van der Waals surface area contributed by atoms with Gasteiger partial charge in [0.1, 0.15) is 11.9 Å². The molecule has 6 heteroatoms. The molecule has 2 atom stereocenters. The summed E-state index contributed by atoms with van der Waals surface area (Å²) in [7, 11) is 1.56. The van der Waals surface area contributed by atoms with Crippen molar-refractivity contribution in [2.45, 2.75) is 26.1 Å². The van der Waals surface area contributed by atoms with Crippen LogP contribution in [0.3, 0.4) is 0 Å². The van der Waals surface area contributed by atoms with E-state index in [-0.39, 0.29) is 17.7 Å². The number of hydrogen-bond donors (Lipinski definition) is 2. The van der Waals surface area contributed by atoms with Crippen LogP contribution in [0.4, 0.5) is 15.8 Å². The van der Waals surface area contributed by atoms with Crippen LogP contribution in [0.15, 0.2) is 18.2 Å². The number of rotatable bonds is 6. The quantitative estimate of drug-likeness (QED) is 0.773. The molecule has 0 saturated heterocycles. The number of halogens is 1. The molecule has 0 heterocycles. The summed E-state index contributed by atoms with van der Waals surface area (Å²) in [5.74, 6) is -0.797. The first-order valence-corrected chi connectivity index (χ1v) is 5.94. The van der Waals surface area contributed by atoms with Crippen LogP contribution in [-0.2, 0) is 14.3 Å². The lowest BCUT2D eigenvalue weighted by molar-refractivity contribution is -0.131. The number of anilines is 2. The van der Waals surface area contributed by atoms with Crippen molar-refractivity contribution < 1.29 is 18.7 Å². The summed E-state index contributed by atoms with van der Waals surface area (Å²) in [5.41, 5.74) is 6.14. The highest BCUT2D eigenvalue weighted by molar-refractivity contribution is 5.96. The lowest BCUT2D eigenvalue weighted by Crippen LogP contribution is -2.32. The summed E-state index contributed by atoms with van der Waals surface area (Å²) in [6, 6.07) is 3.79. The van der Waals surface area contributed by atoms with Crippen LogP contribution in [0, 0.1) is 5.82 Å². The fourth-order valence-electron chi connectivity index (χ4n) is 1.57. The summed E-state index contributed by atoms with van der Waals surface area (Å²) in [4.78, 5) is 11.9. The van der Waals surface area contributed by atoms with Gasteiger partial charge in [0.2, 0.25) is 0 Å². The van der Waals surface area contributed by atoms with E-state index in [0.717, 1.165) is 6.07 Å². The van der Waals surface area contributed by atoms with Gasteiger partial charge < -0.3 is 20.5 Å². The molecule has 0 aromatic heterocycles. The molecule has 19 heavy (non-hydrogen) atoms. The highest BCUT2D eigenvalue weighted by Gasteiger charge is 2.17. The second kappa shape index (κ2) is 7.06. The fraction of sp³-hybridized carbons (Fsp3) is 0.462. The molecule has 1 aromatic carbocycles. The number of nitrogens with two attached hydrogens (primary N) is 1. The fourth-order valence-corrected chi connectivity index (χ4v) is 1.57. The van der Waals surface area contributed by atoms with Crippen molar-refractivity contribution in [2.24, 2.45) is 0 Å². The average molecular weight is 270 g/mol. The Morgan fingerprint density at radius 1 is 1.47 bits per heavy atom. The molecule has 0 bridgehead atoms. The average Bonchev–Trinajstić information content (AvgIpc) is 2.32. The van der Waals surface area contributed by atoms with Crippen molar-refractivity contribution in [1.29, 1.82) is 0 Å². The molecule has 0 aliphatic carbocycles. The maximum Gasteiger partial charge on any atom is 0.253 e. The van der Waals surface area contributed by atoms with Crippen molar-refractivity contribution >= 4 is 17.3 Å². The second-order valence-corrected chi connectivity index (χ2v) is 4.27. The Kier molecular flexibility index (Phi) is 5.72. The summed E-state index contributed by atoms with van der Waals surface area (Å²) < 4.78 is 23.2. The molecule has 1 amide bonds. The number of hydrogen-bond acceptors (Lipinski definition) is 4. The molecule has 0 aliphatic heterocycles. The van der Waals surface area contributed by atoms with Crippen molar-refractivity contribution in [2.75, 3.05) is 24.8 Å². The Morgan fingerprint density at radius 3 is 2.74 bits per heavy atom. The molecule has 0 radical (unpaired) electrons. The van der Waals surface area contributed by atoms with Gasteiger partial charge in [-0.15, -0.1) is 0 Å². The molecule has 1 rings (SSSR count). The minimum Gasteiger partial charge on any atom is -0.397 e. The van der Waals surface area contributed by atoms with Crippen LogP contribution in [-0.4, -0.2) is 31.8 Å². The van der Waals surface area contributed by atoms with Gasteiger partial charge in [-0.05, 0) is 32.0 Å². The van der Waals surface area contributed by atoms with E-state index in [4.69, 9.17) is 15.2 Å². The standard InChI is InChI=1S/C13H19FN2O3/c1-8(7-18-3)19-9(2)13(17)16-12-5-4-10(14)6-11(12)15/h4-6,8-9H,7,15H2,1-3H3,(H,16,17). The first kappa shape index (κ1) is 15.4. The predicted molar refractivity (Wildman–Crippen MR) is 71.3 cm³/mol. The summed E-state index contributed by atoms with van der Waals surface area (Å²) in [6.45, 7) is 3.83. The van der Waals surface area contributed by atoms with Crippen molar-refractivity contribution in [1.82, 2.24) is 0 Å². The van der Waals surface area contributed by atoms with E-state index >= 15 is 0 Å². The van der Waals surface area contributed by atoms with E-state index in [1.807, 2.05) is 0 Å². The Bertz CT molecular complexity index is 440. The van der Waals surface area contributed by atoms with Crippen molar-refractivity contribution in [3.63, 3.8) is 0 Å². The van der Waals surface area contributed by atoms with E-state index in [1.165, 1.54) is 12.1 Å². The van der Waals surface area contributed by atoms with E-state index in [9.17, 15) is 9.18 Å². The Hall–Kier alpha value is -1.66. The van der Waals surface area contributed by atoms with Gasteiger partial charge in [-0.2, -0.15) is 0 Å². The number of nitrogens with one attached hydrogen (secondary N) is 1. The van der Waals surface area contributed by atoms with Gasteiger partial charge in [-0.3, -0.25) is 4.79 Å². The molecular weight excluding hydrogens is 251 g/mol. The van der Waals surface area contributed by atoms with Gasteiger partial charge in [0, 0.05) is 7.11 Å². The first-order chi connectivity index (χ1) is 8.93. The first-order valence-electron chi connectivity index (χ1n) is 5.94. The molecule has 0 aliphatic rings. The third kappa shape index (κ3) is 4.84. The number of carbonyl (C=O) groups excluding carboxylic acids is 1. The SMILES string of the molecule is COCC(C)OC(C)C(=O)Nc1ccc(F)cc1N. The molecular formula is C13H19FN2O3. The smallest absolute Gasteiger partial charge is 0.253 e. The zero-order chi connectivity index (χ0) is 14.4. The van der Waals surface area contributed by atoms with Gasteiger partial charge in [0.25, 0.3) is 5.91 Å². The number of methoxy groups -OCH3 is 1. The van der Waals surface area contributed by atoms with Gasteiger partial charge in [-0.25, -0.2) is 4.39 Å². The van der Waals surface area contributed by atoms with Crippen LogP contribution in [0.5, 0.6) is 0 Å². The number of ether oxygens (including phenoxy) is 2. The summed E-state index contributed by atoms with van der Waals surface area (Å²) in [6.07, 6.45) is -0.856. The zero-order valence-corrected chi connectivity index (χ0v) is 11.3. The molecule has 1 aromatic rings. The van der Waals surface area contributed by atoms with E-state index < -0.39 is 11.9 Å². The molecule has 0 fully saturated rings. The van der Waals surface area contributed by atoms with E-state index in [0.29, 0.717) is 12.3 Å². The van der Waals surface area contributed by atoms with Gasteiger partial charge >= 0.3 is 0 Å². The van der Waals surface area contributed by atoms with E-state index in [1.54, 1.807) is 21.0 Å². The Balaban J connectivity index is 2.58. The maximum absolute atomic E-state index is 12.9. The van der Waals surface area contributed by atoms with Crippen LogP contribution in [0.2, 0.25) is 0 Å². The van der Waals surface area contributed by atoms with Crippen LogP contribution < -0.4 is 11.1 Å². The topological polar surface area (TPSA) is 73.6 Å². The Labute approximate surface area is 111 Å².